The summed E-state index contributed by atoms with van der Waals surface area (Å²) in [7, 11) is 4.09. The Morgan fingerprint density at radius 2 is 2.08 bits per heavy atom. The van der Waals surface area contributed by atoms with Crippen molar-refractivity contribution in [3.8, 4) is 5.75 Å². The molecule has 1 aliphatic rings. The molecule has 0 radical (unpaired) electrons. The number of aromatic nitrogens is 3. The molecule has 25 heavy (non-hydrogen) atoms. The van der Waals surface area contributed by atoms with Crippen molar-refractivity contribution in [2.24, 2.45) is 12.8 Å². The van der Waals surface area contributed by atoms with Crippen LogP contribution in [0.5, 0.6) is 5.75 Å². The minimum atomic E-state index is 0.313. The van der Waals surface area contributed by atoms with E-state index in [-0.39, 0.29) is 0 Å². The summed E-state index contributed by atoms with van der Waals surface area (Å²) in [6, 6.07) is 6.05. The summed E-state index contributed by atoms with van der Waals surface area (Å²) in [5.74, 6) is 3.32. The molecule has 0 aliphatic heterocycles. The second kappa shape index (κ2) is 7.72. The summed E-state index contributed by atoms with van der Waals surface area (Å²) >= 11 is 6.15. The molecule has 136 valence electrons. The first-order valence-corrected chi connectivity index (χ1v) is 9.09. The van der Waals surface area contributed by atoms with Crippen LogP contribution in [0.1, 0.15) is 42.9 Å². The second-order valence-corrected chi connectivity index (χ2v) is 7.26. The molecule has 1 aromatic carbocycles. The second-order valence-electron chi connectivity index (χ2n) is 6.82. The van der Waals surface area contributed by atoms with E-state index >= 15 is 0 Å². The fraction of sp³-hybridized carbons (Fsp3) is 0.556. The van der Waals surface area contributed by atoms with E-state index in [0.29, 0.717) is 30.1 Å². The Bertz CT molecular complexity index is 726. The highest BCUT2D eigenvalue weighted by molar-refractivity contribution is 6.30. The molecule has 3 rings (SSSR count). The predicted octanol–water partition coefficient (Wildman–Crippen LogP) is 2.70. The van der Waals surface area contributed by atoms with Crippen molar-refractivity contribution in [2.75, 3.05) is 13.7 Å². The van der Waals surface area contributed by atoms with Gasteiger partial charge in [-0.15, -0.1) is 10.2 Å². The van der Waals surface area contributed by atoms with Crippen LogP contribution in [0.3, 0.4) is 0 Å². The summed E-state index contributed by atoms with van der Waals surface area (Å²) in [6.07, 6.45) is 2.00. The first-order chi connectivity index (χ1) is 12.0. The van der Waals surface area contributed by atoms with Crippen LogP contribution in [0.4, 0.5) is 0 Å². The van der Waals surface area contributed by atoms with E-state index in [2.05, 4.69) is 26.7 Å². The lowest BCUT2D eigenvalue weighted by molar-refractivity contribution is 0.288. The number of hydrogen-bond donors (Lipinski definition) is 1. The van der Waals surface area contributed by atoms with Gasteiger partial charge in [0, 0.05) is 36.1 Å². The summed E-state index contributed by atoms with van der Waals surface area (Å²) in [5.41, 5.74) is 6.97. The molecule has 1 aliphatic carbocycles. The number of nitrogens with two attached hydrogens (primary N) is 1. The number of benzene rings is 1. The van der Waals surface area contributed by atoms with E-state index in [1.165, 1.54) is 0 Å². The molecule has 0 spiro atoms. The lowest BCUT2D eigenvalue weighted by atomic mass is 9.80. The molecule has 0 saturated heterocycles. The molecule has 1 fully saturated rings. The van der Waals surface area contributed by atoms with E-state index in [1.54, 1.807) is 0 Å². The maximum Gasteiger partial charge on any atom is 0.146 e. The van der Waals surface area contributed by atoms with Crippen LogP contribution >= 0.6 is 11.6 Å². The zero-order valence-corrected chi connectivity index (χ0v) is 15.8. The van der Waals surface area contributed by atoms with Crippen LogP contribution in [-0.4, -0.2) is 39.4 Å². The molecule has 1 saturated carbocycles. The van der Waals surface area contributed by atoms with Crippen LogP contribution in [0.2, 0.25) is 5.02 Å². The van der Waals surface area contributed by atoms with Crippen LogP contribution in [-0.2, 0) is 20.1 Å². The smallest absolute Gasteiger partial charge is 0.146 e. The Hall–Kier alpha value is -1.63. The zero-order valence-electron chi connectivity index (χ0n) is 15.1. The molecule has 0 atom stereocenters. The number of nitrogens with zero attached hydrogens (tertiary/aromatic N) is 4. The summed E-state index contributed by atoms with van der Waals surface area (Å²) in [6.45, 7) is 4.05. The average molecular weight is 364 g/mol. The highest BCUT2D eigenvalue weighted by Crippen LogP contribution is 2.34. The van der Waals surface area contributed by atoms with Crippen LogP contribution in [0, 0.1) is 0 Å². The van der Waals surface area contributed by atoms with Crippen LogP contribution < -0.4 is 10.5 Å². The zero-order chi connectivity index (χ0) is 18.0. The Labute approximate surface area is 153 Å². The first-order valence-electron chi connectivity index (χ1n) is 8.71. The van der Waals surface area contributed by atoms with Crippen molar-refractivity contribution in [1.82, 2.24) is 19.7 Å². The predicted molar refractivity (Wildman–Crippen MR) is 98.7 cm³/mol. The van der Waals surface area contributed by atoms with Crippen molar-refractivity contribution >= 4 is 11.6 Å². The number of hydrogen-bond acceptors (Lipinski definition) is 5. The minimum Gasteiger partial charge on any atom is -0.494 e. The molecule has 2 N–H and O–H groups in total. The van der Waals surface area contributed by atoms with Gasteiger partial charge in [-0.2, -0.15) is 0 Å². The van der Waals surface area contributed by atoms with E-state index in [9.17, 15) is 0 Å². The van der Waals surface area contributed by atoms with Gasteiger partial charge in [-0.25, -0.2) is 0 Å². The van der Waals surface area contributed by atoms with Gasteiger partial charge in [0.05, 0.1) is 13.2 Å². The topological polar surface area (TPSA) is 69.2 Å². The number of rotatable bonds is 7. The minimum absolute atomic E-state index is 0.313. The molecule has 0 unspecified atom stereocenters. The van der Waals surface area contributed by atoms with E-state index in [1.807, 2.05) is 32.2 Å². The highest BCUT2D eigenvalue weighted by atomic mass is 35.5. The van der Waals surface area contributed by atoms with Crippen molar-refractivity contribution in [3.05, 3.63) is 40.4 Å². The van der Waals surface area contributed by atoms with E-state index < -0.39 is 0 Å². The van der Waals surface area contributed by atoms with Crippen molar-refractivity contribution in [3.63, 3.8) is 0 Å². The molecule has 6 nitrogen and oxygen atoms in total. The molecule has 0 amide bonds. The fourth-order valence-electron chi connectivity index (χ4n) is 3.30. The monoisotopic (exact) mass is 363 g/mol. The van der Waals surface area contributed by atoms with Gasteiger partial charge in [0.1, 0.15) is 17.4 Å². The Balaban J connectivity index is 1.67. The lowest BCUT2D eigenvalue weighted by Gasteiger charge is -2.31. The van der Waals surface area contributed by atoms with Gasteiger partial charge < -0.3 is 15.0 Å². The maximum atomic E-state index is 6.15. The molecule has 1 heterocycles. The largest absolute Gasteiger partial charge is 0.494 e. The van der Waals surface area contributed by atoms with Gasteiger partial charge in [-0.05, 0) is 45.0 Å². The maximum absolute atomic E-state index is 6.15. The Kier molecular flexibility index (Phi) is 5.61. The number of halogens is 1. The third-order valence-electron chi connectivity index (χ3n) is 4.71. The van der Waals surface area contributed by atoms with Gasteiger partial charge in [-0.1, -0.05) is 11.6 Å². The van der Waals surface area contributed by atoms with Gasteiger partial charge in [-0.3, -0.25) is 4.90 Å². The third-order valence-corrected chi connectivity index (χ3v) is 4.95. The number of ether oxygens (including phenoxy) is 1. The standard InChI is InChI=1S/C18H26ClN5O/c1-4-25-16-6-5-14(19)7-13(16)10-23(2)11-17-21-22-18(24(17)3)12-8-15(20)9-12/h5-7,12,15H,4,8-11,20H2,1-3H3. The molecule has 1 aromatic heterocycles. The molecular formula is C18H26ClN5O. The summed E-state index contributed by atoms with van der Waals surface area (Å²) in [4.78, 5) is 2.19. The van der Waals surface area contributed by atoms with Crippen LogP contribution in [0.15, 0.2) is 18.2 Å². The molecule has 7 heteroatoms. The van der Waals surface area contributed by atoms with Crippen LogP contribution in [0.25, 0.3) is 0 Å². The fourth-order valence-corrected chi connectivity index (χ4v) is 3.49. The van der Waals surface area contributed by atoms with Crippen molar-refractivity contribution in [1.29, 1.82) is 0 Å². The van der Waals surface area contributed by atoms with Gasteiger partial charge in [0.15, 0.2) is 0 Å². The summed E-state index contributed by atoms with van der Waals surface area (Å²) in [5, 5.41) is 9.47. The lowest BCUT2D eigenvalue weighted by Crippen LogP contribution is -2.36. The molecule has 0 bridgehead atoms. The average Bonchev–Trinajstić information content (AvgIpc) is 2.88. The first kappa shape index (κ1) is 18.2. The third kappa shape index (κ3) is 4.14. The van der Waals surface area contributed by atoms with Gasteiger partial charge in [0.25, 0.3) is 0 Å². The quantitative estimate of drug-likeness (QED) is 0.819. The van der Waals surface area contributed by atoms with E-state index in [0.717, 1.165) is 42.3 Å². The van der Waals surface area contributed by atoms with Crippen molar-refractivity contribution in [2.45, 2.75) is 44.8 Å². The van der Waals surface area contributed by atoms with E-state index in [4.69, 9.17) is 22.1 Å². The molecular weight excluding hydrogens is 338 g/mol. The normalized spacial score (nSPS) is 19.9. The van der Waals surface area contributed by atoms with Gasteiger partial charge in [0.2, 0.25) is 0 Å². The Morgan fingerprint density at radius 3 is 2.76 bits per heavy atom. The SMILES string of the molecule is CCOc1ccc(Cl)cc1CN(C)Cc1nnc(C2CC(N)C2)n1C. The summed E-state index contributed by atoms with van der Waals surface area (Å²) < 4.78 is 7.81. The van der Waals surface area contributed by atoms with Gasteiger partial charge >= 0.3 is 0 Å². The Morgan fingerprint density at radius 1 is 1.32 bits per heavy atom. The highest BCUT2D eigenvalue weighted by Gasteiger charge is 2.31. The molecule has 2 aromatic rings. The van der Waals surface area contributed by atoms with Crippen molar-refractivity contribution < 1.29 is 4.74 Å².